The van der Waals surface area contributed by atoms with Crippen molar-refractivity contribution in [2.75, 3.05) is 12.3 Å². The van der Waals surface area contributed by atoms with Crippen molar-refractivity contribution in [3.63, 3.8) is 0 Å². The number of pyridine rings is 1. The van der Waals surface area contributed by atoms with Crippen molar-refractivity contribution in [3.8, 4) is 16.5 Å². The molecule has 3 heterocycles. The summed E-state index contributed by atoms with van der Waals surface area (Å²) in [5.74, 6) is 0.731. The van der Waals surface area contributed by atoms with E-state index in [0.29, 0.717) is 30.9 Å². The first-order valence-corrected chi connectivity index (χ1v) is 9.52. The fraction of sp³-hybridized carbons (Fsp3) is 0.421. The molecule has 128 valence electrons. The molecule has 6 heteroatoms. The molecule has 5 nitrogen and oxygen atoms in total. The van der Waals surface area contributed by atoms with E-state index in [4.69, 9.17) is 5.73 Å². The predicted molar refractivity (Wildman–Crippen MR) is 97.9 cm³/mol. The molecule has 0 atom stereocenters. The lowest BCUT2D eigenvalue weighted by molar-refractivity contribution is -0.139. The fourth-order valence-corrected chi connectivity index (χ4v) is 4.68. The number of amides is 1. The molecule has 2 aliphatic rings. The summed E-state index contributed by atoms with van der Waals surface area (Å²) < 4.78 is 0. The zero-order valence-corrected chi connectivity index (χ0v) is 15.0. The van der Waals surface area contributed by atoms with Gasteiger partial charge in [-0.1, -0.05) is 6.42 Å². The number of carbonyl (C=O) groups excluding carboxylic acids is 1. The van der Waals surface area contributed by atoms with Crippen LogP contribution in [0.1, 0.15) is 41.6 Å². The number of aromatic nitrogens is 1. The number of hydrogen-bond donors (Lipinski definition) is 1. The highest BCUT2D eigenvalue weighted by Gasteiger charge is 2.33. The van der Waals surface area contributed by atoms with Crippen molar-refractivity contribution in [2.24, 2.45) is 5.92 Å². The van der Waals surface area contributed by atoms with Gasteiger partial charge < -0.3 is 10.6 Å². The van der Waals surface area contributed by atoms with Crippen molar-refractivity contribution < 1.29 is 4.79 Å². The molecule has 0 radical (unpaired) electrons. The Morgan fingerprint density at radius 1 is 1.48 bits per heavy atom. The Kier molecular flexibility index (Phi) is 3.97. The van der Waals surface area contributed by atoms with Gasteiger partial charge in [0, 0.05) is 41.4 Å². The Morgan fingerprint density at radius 3 is 2.88 bits per heavy atom. The molecule has 1 aliphatic carbocycles. The first-order chi connectivity index (χ1) is 12.1. The lowest BCUT2D eigenvalue weighted by Gasteiger charge is -2.35. The lowest BCUT2D eigenvalue weighted by atomic mass is 9.83. The van der Waals surface area contributed by atoms with E-state index in [1.807, 2.05) is 23.3 Å². The van der Waals surface area contributed by atoms with E-state index in [-0.39, 0.29) is 11.8 Å². The predicted octanol–water partition coefficient (Wildman–Crippen LogP) is 3.26. The molecule has 1 amide bonds. The summed E-state index contributed by atoms with van der Waals surface area (Å²) in [7, 11) is 0. The molecule has 4 rings (SSSR count). The Balaban J connectivity index is 1.81. The molecule has 2 aromatic heterocycles. The van der Waals surface area contributed by atoms with Gasteiger partial charge in [0.2, 0.25) is 5.91 Å². The first kappa shape index (κ1) is 16.1. The summed E-state index contributed by atoms with van der Waals surface area (Å²) in [6.45, 7) is 3.25. The summed E-state index contributed by atoms with van der Waals surface area (Å²) in [4.78, 5) is 20.2. The molecule has 1 aliphatic heterocycles. The van der Waals surface area contributed by atoms with Crippen molar-refractivity contribution >= 4 is 23.1 Å². The fourth-order valence-electron chi connectivity index (χ4n) is 3.67. The number of nitrogen functional groups attached to an aromatic ring is 1. The summed E-state index contributed by atoms with van der Waals surface area (Å²) >= 11 is 1.61. The maximum absolute atomic E-state index is 12.7. The maximum atomic E-state index is 12.7. The lowest BCUT2D eigenvalue weighted by Crippen LogP contribution is -2.42. The third kappa shape index (κ3) is 2.59. The topological polar surface area (TPSA) is 83.0 Å². The van der Waals surface area contributed by atoms with Gasteiger partial charge in [0.15, 0.2) is 0 Å². The van der Waals surface area contributed by atoms with Crippen LogP contribution in [-0.4, -0.2) is 22.3 Å². The number of aryl methyl sites for hydroxylation is 1. The van der Waals surface area contributed by atoms with Crippen LogP contribution in [0.25, 0.3) is 10.4 Å². The SMILES string of the molecule is Cc1ccsc1-c1c(C#N)c(N)nc2c1CN(C(=O)C1CCC1)CC2. The van der Waals surface area contributed by atoms with Crippen LogP contribution in [-0.2, 0) is 17.8 Å². The Bertz CT molecular complexity index is 892. The molecule has 0 unspecified atom stereocenters. The summed E-state index contributed by atoms with van der Waals surface area (Å²) in [5.41, 5.74) is 10.4. The van der Waals surface area contributed by atoms with Crippen molar-refractivity contribution in [3.05, 3.63) is 33.8 Å². The summed E-state index contributed by atoms with van der Waals surface area (Å²) in [5, 5.41) is 11.7. The molecule has 2 aromatic rings. The number of nitrogens with zero attached hydrogens (tertiary/aromatic N) is 3. The van der Waals surface area contributed by atoms with Gasteiger partial charge in [-0.3, -0.25) is 4.79 Å². The second-order valence-corrected chi connectivity index (χ2v) is 7.77. The number of nitrogens with two attached hydrogens (primary N) is 1. The zero-order valence-electron chi connectivity index (χ0n) is 14.2. The van der Waals surface area contributed by atoms with Crippen LogP contribution >= 0.6 is 11.3 Å². The number of anilines is 1. The minimum atomic E-state index is 0.186. The summed E-state index contributed by atoms with van der Waals surface area (Å²) in [6, 6.07) is 4.28. The van der Waals surface area contributed by atoms with Crippen molar-refractivity contribution in [1.82, 2.24) is 9.88 Å². The minimum absolute atomic E-state index is 0.186. The number of nitriles is 1. The van der Waals surface area contributed by atoms with Gasteiger partial charge in [-0.15, -0.1) is 11.3 Å². The maximum Gasteiger partial charge on any atom is 0.225 e. The zero-order chi connectivity index (χ0) is 17.6. The van der Waals surface area contributed by atoms with Crippen LogP contribution in [0.15, 0.2) is 11.4 Å². The van der Waals surface area contributed by atoms with Crippen LogP contribution in [0.5, 0.6) is 0 Å². The van der Waals surface area contributed by atoms with E-state index >= 15 is 0 Å². The van der Waals surface area contributed by atoms with Gasteiger partial charge in [0.25, 0.3) is 0 Å². The molecule has 25 heavy (non-hydrogen) atoms. The number of fused-ring (bicyclic) bond motifs is 1. The van der Waals surface area contributed by atoms with E-state index in [1.165, 1.54) is 0 Å². The molecule has 1 saturated carbocycles. The standard InChI is InChI=1S/C19H20N4OS/c1-11-6-8-25-17(11)16-13(9-20)18(21)22-15-5-7-23(10-14(15)16)19(24)12-3-2-4-12/h6,8,12H,2-5,7,10H2,1H3,(H2,21,22). The first-order valence-electron chi connectivity index (χ1n) is 8.64. The van der Waals surface area contributed by atoms with E-state index in [9.17, 15) is 10.1 Å². The monoisotopic (exact) mass is 352 g/mol. The van der Waals surface area contributed by atoms with Gasteiger partial charge in [0.05, 0.1) is 5.69 Å². The number of rotatable bonds is 2. The van der Waals surface area contributed by atoms with E-state index < -0.39 is 0 Å². The van der Waals surface area contributed by atoms with E-state index in [2.05, 4.69) is 11.1 Å². The van der Waals surface area contributed by atoms with E-state index in [1.54, 1.807) is 11.3 Å². The highest BCUT2D eigenvalue weighted by Crippen LogP contribution is 2.40. The van der Waals surface area contributed by atoms with Crippen molar-refractivity contribution in [2.45, 2.75) is 39.2 Å². The third-order valence-electron chi connectivity index (χ3n) is 5.35. The number of carbonyl (C=O) groups is 1. The normalized spacial score (nSPS) is 16.9. The second-order valence-electron chi connectivity index (χ2n) is 6.85. The summed E-state index contributed by atoms with van der Waals surface area (Å²) in [6.07, 6.45) is 3.85. The van der Waals surface area contributed by atoms with Crippen LogP contribution < -0.4 is 5.73 Å². The van der Waals surface area contributed by atoms with Gasteiger partial charge in [-0.2, -0.15) is 5.26 Å². The Hall–Kier alpha value is -2.39. The van der Waals surface area contributed by atoms with Crippen LogP contribution in [0.3, 0.4) is 0 Å². The van der Waals surface area contributed by atoms with Crippen LogP contribution in [0.4, 0.5) is 5.82 Å². The largest absolute Gasteiger partial charge is 0.383 e. The smallest absolute Gasteiger partial charge is 0.225 e. The molecule has 0 aromatic carbocycles. The van der Waals surface area contributed by atoms with E-state index in [0.717, 1.165) is 46.5 Å². The second kappa shape index (κ2) is 6.16. The molecule has 0 saturated heterocycles. The molecule has 0 spiro atoms. The van der Waals surface area contributed by atoms with Gasteiger partial charge in [-0.25, -0.2) is 4.98 Å². The Labute approximate surface area is 151 Å². The highest BCUT2D eigenvalue weighted by molar-refractivity contribution is 7.13. The van der Waals surface area contributed by atoms with Gasteiger partial charge in [-0.05, 0) is 36.8 Å². The minimum Gasteiger partial charge on any atom is -0.383 e. The highest BCUT2D eigenvalue weighted by atomic mass is 32.1. The quantitative estimate of drug-likeness (QED) is 0.899. The average molecular weight is 352 g/mol. The molecule has 2 N–H and O–H groups in total. The molecular weight excluding hydrogens is 332 g/mol. The molecular formula is C19H20N4OS. The van der Waals surface area contributed by atoms with Crippen LogP contribution in [0, 0.1) is 24.2 Å². The Morgan fingerprint density at radius 2 is 2.28 bits per heavy atom. The average Bonchev–Trinajstić information content (AvgIpc) is 2.97. The molecule has 0 bridgehead atoms. The third-order valence-corrected chi connectivity index (χ3v) is 6.38. The molecule has 1 fully saturated rings. The number of thiophene rings is 1. The van der Waals surface area contributed by atoms with Crippen molar-refractivity contribution in [1.29, 1.82) is 5.26 Å². The number of hydrogen-bond acceptors (Lipinski definition) is 5. The van der Waals surface area contributed by atoms with Gasteiger partial charge >= 0.3 is 0 Å². The van der Waals surface area contributed by atoms with Crippen LogP contribution in [0.2, 0.25) is 0 Å². The van der Waals surface area contributed by atoms with Gasteiger partial charge in [0.1, 0.15) is 17.5 Å².